The summed E-state index contributed by atoms with van der Waals surface area (Å²) < 4.78 is 26.6. The van der Waals surface area contributed by atoms with Gasteiger partial charge in [-0.15, -0.1) is 0 Å². The summed E-state index contributed by atoms with van der Waals surface area (Å²) in [4.78, 5) is 44.6. The molecule has 1 rings (SSSR count). The Bertz CT molecular complexity index is 831. The highest BCUT2D eigenvalue weighted by atomic mass is 31.2. The number of ether oxygens (including phenoxy) is 2. The molecule has 4 N–H and O–H groups in total. The van der Waals surface area contributed by atoms with Crippen molar-refractivity contribution >= 4 is 25.3 Å². The zero-order valence-corrected chi connectivity index (χ0v) is 21.4. The SMILES string of the molecule is CCNC(=O)CCOCCNC(=O)COc1cccc(C(=O)NCCCCCCOP(C)(=O)O)c1. The fraction of sp³-hybridized carbons (Fsp3) is 0.609. The highest BCUT2D eigenvalue weighted by Crippen LogP contribution is 2.36. The van der Waals surface area contributed by atoms with Gasteiger partial charge in [-0.2, -0.15) is 0 Å². The Morgan fingerprint density at radius 3 is 2.46 bits per heavy atom. The van der Waals surface area contributed by atoms with Crippen LogP contribution in [0.25, 0.3) is 0 Å². The molecule has 11 nitrogen and oxygen atoms in total. The minimum atomic E-state index is -3.41. The molecule has 0 aliphatic rings. The smallest absolute Gasteiger partial charge is 0.325 e. The molecular weight excluding hydrogens is 477 g/mol. The van der Waals surface area contributed by atoms with E-state index in [0.29, 0.717) is 37.4 Å². The predicted molar refractivity (Wildman–Crippen MR) is 132 cm³/mol. The van der Waals surface area contributed by atoms with Crippen LogP contribution >= 0.6 is 7.60 Å². The number of carbonyl (C=O) groups is 3. The van der Waals surface area contributed by atoms with Gasteiger partial charge in [-0.1, -0.05) is 18.9 Å². The third-order valence-electron chi connectivity index (χ3n) is 4.57. The third kappa shape index (κ3) is 16.7. The van der Waals surface area contributed by atoms with Crippen molar-refractivity contribution in [1.29, 1.82) is 0 Å². The van der Waals surface area contributed by atoms with E-state index in [9.17, 15) is 18.9 Å². The Labute approximate surface area is 206 Å². The van der Waals surface area contributed by atoms with Gasteiger partial charge in [-0.3, -0.25) is 18.9 Å². The molecule has 0 aromatic heterocycles. The lowest BCUT2D eigenvalue weighted by Crippen LogP contribution is -2.32. The number of unbranched alkanes of at least 4 members (excludes halogenated alkanes) is 3. The summed E-state index contributed by atoms with van der Waals surface area (Å²) in [6, 6.07) is 6.58. The first kappa shape index (κ1) is 30.6. The lowest BCUT2D eigenvalue weighted by Gasteiger charge is -2.10. The lowest BCUT2D eigenvalue weighted by atomic mass is 10.2. The third-order valence-corrected chi connectivity index (χ3v) is 5.23. The first-order valence-corrected chi connectivity index (χ1v) is 13.8. The summed E-state index contributed by atoms with van der Waals surface area (Å²) >= 11 is 0. The second-order valence-corrected chi connectivity index (χ2v) is 9.65. The molecule has 0 saturated carbocycles. The van der Waals surface area contributed by atoms with Gasteiger partial charge in [0.25, 0.3) is 11.8 Å². The zero-order valence-electron chi connectivity index (χ0n) is 20.5. The minimum Gasteiger partial charge on any atom is -0.484 e. The summed E-state index contributed by atoms with van der Waals surface area (Å²) in [7, 11) is -3.41. The van der Waals surface area contributed by atoms with Crippen molar-refractivity contribution in [3.05, 3.63) is 29.8 Å². The van der Waals surface area contributed by atoms with E-state index in [-0.39, 0.29) is 50.6 Å². The quantitative estimate of drug-likeness (QED) is 0.161. The van der Waals surface area contributed by atoms with Crippen LogP contribution in [0.2, 0.25) is 0 Å². The molecular formula is C23H38N3O8P. The predicted octanol–water partition coefficient (Wildman–Crippen LogP) is 1.85. The van der Waals surface area contributed by atoms with E-state index < -0.39 is 7.60 Å². The number of nitrogens with one attached hydrogen (secondary N) is 3. The van der Waals surface area contributed by atoms with Crippen LogP contribution in [-0.4, -0.2) is 75.3 Å². The summed E-state index contributed by atoms with van der Waals surface area (Å²) in [6.07, 6.45) is 3.44. The van der Waals surface area contributed by atoms with E-state index in [1.54, 1.807) is 24.3 Å². The van der Waals surface area contributed by atoms with E-state index in [2.05, 4.69) is 16.0 Å². The van der Waals surface area contributed by atoms with Crippen molar-refractivity contribution < 1.29 is 37.8 Å². The van der Waals surface area contributed by atoms with Crippen LogP contribution in [-0.2, 0) is 23.4 Å². The summed E-state index contributed by atoms with van der Waals surface area (Å²) in [5.41, 5.74) is 0.429. The Kier molecular flexibility index (Phi) is 15.6. The van der Waals surface area contributed by atoms with Crippen LogP contribution in [0.15, 0.2) is 24.3 Å². The largest absolute Gasteiger partial charge is 0.484 e. The van der Waals surface area contributed by atoms with Crippen LogP contribution in [0.1, 0.15) is 49.4 Å². The molecule has 0 heterocycles. The molecule has 0 saturated heterocycles. The van der Waals surface area contributed by atoms with Crippen LogP contribution in [0.5, 0.6) is 5.75 Å². The molecule has 1 aromatic carbocycles. The summed E-state index contributed by atoms with van der Waals surface area (Å²) in [6.45, 7) is 5.02. The molecule has 35 heavy (non-hydrogen) atoms. The molecule has 1 aromatic rings. The van der Waals surface area contributed by atoms with Gasteiger partial charge in [-0.25, -0.2) is 0 Å². The zero-order chi connectivity index (χ0) is 25.9. The first-order chi connectivity index (χ1) is 16.7. The number of hydrogen-bond donors (Lipinski definition) is 4. The fourth-order valence-corrected chi connectivity index (χ4v) is 3.33. The second kappa shape index (κ2) is 17.9. The van der Waals surface area contributed by atoms with Crippen molar-refractivity contribution in [2.75, 3.05) is 52.7 Å². The average molecular weight is 516 g/mol. The van der Waals surface area contributed by atoms with Crippen LogP contribution in [0.4, 0.5) is 0 Å². The van der Waals surface area contributed by atoms with E-state index in [1.165, 1.54) is 0 Å². The van der Waals surface area contributed by atoms with E-state index in [1.807, 2.05) is 6.92 Å². The fourth-order valence-electron chi connectivity index (χ4n) is 2.86. The maximum atomic E-state index is 12.3. The van der Waals surface area contributed by atoms with Gasteiger partial charge in [0.2, 0.25) is 5.91 Å². The Balaban J connectivity index is 2.17. The van der Waals surface area contributed by atoms with Crippen molar-refractivity contribution in [3.8, 4) is 5.75 Å². The number of carbonyl (C=O) groups excluding carboxylic acids is 3. The molecule has 3 amide bonds. The molecule has 12 heteroatoms. The number of rotatable bonds is 19. The van der Waals surface area contributed by atoms with Gasteiger partial charge in [0.1, 0.15) is 5.75 Å². The minimum absolute atomic E-state index is 0.0718. The van der Waals surface area contributed by atoms with Crippen LogP contribution < -0.4 is 20.7 Å². The van der Waals surface area contributed by atoms with Gasteiger partial charge < -0.3 is 34.8 Å². The molecule has 0 aliphatic carbocycles. The van der Waals surface area contributed by atoms with E-state index in [4.69, 9.17) is 18.9 Å². The number of hydrogen-bond acceptors (Lipinski definition) is 7. The number of benzene rings is 1. The van der Waals surface area contributed by atoms with E-state index in [0.717, 1.165) is 25.9 Å². The Morgan fingerprint density at radius 1 is 0.943 bits per heavy atom. The molecule has 0 bridgehead atoms. The van der Waals surface area contributed by atoms with Gasteiger partial charge in [-0.05, 0) is 38.0 Å². The summed E-state index contributed by atoms with van der Waals surface area (Å²) in [5, 5.41) is 8.17. The monoisotopic (exact) mass is 515 g/mol. The maximum Gasteiger partial charge on any atom is 0.325 e. The highest BCUT2D eigenvalue weighted by molar-refractivity contribution is 7.51. The molecule has 0 radical (unpaired) electrons. The van der Waals surface area contributed by atoms with Gasteiger partial charge in [0, 0.05) is 38.3 Å². The molecule has 0 spiro atoms. The molecule has 0 fully saturated rings. The van der Waals surface area contributed by atoms with Crippen molar-refractivity contribution in [1.82, 2.24) is 16.0 Å². The highest BCUT2D eigenvalue weighted by Gasteiger charge is 2.09. The van der Waals surface area contributed by atoms with E-state index >= 15 is 0 Å². The van der Waals surface area contributed by atoms with Crippen molar-refractivity contribution in [2.24, 2.45) is 0 Å². The first-order valence-electron chi connectivity index (χ1n) is 11.8. The maximum absolute atomic E-state index is 12.3. The van der Waals surface area contributed by atoms with Crippen molar-refractivity contribution in [3.63, 3.8) is 0 Å². The molecule has 1 atom stereocenters. The summed E-state index contributed by atoms with van der Waals surface area (Å²) in [5.74, 6) is -0.223. The topological polar surface area (TPSA) is 152 Å². The molecule has 1 unspecified atom stereocenters. The van der Waals surface area contributed by atoms with Gasteiger partial charge in [0.05, 0.1) is 19.8 Å². The molecule has 198 valence electrons. The Morgan fingerprint density at radius 2 is 1.71 bits per heavy atom. The lowest BCUT2D eigenvalue weighted by molar-refractivity contribution is -0.124. The number of amides is 3. The molecule has 0 aliphatic heterocycles. The standard InChI is InChI=1S/C23H38N3O8P/c1-3-24-21(27)11-15-32-16-13-25-22(28)18-33-20-10-8-9-19(17-20)23(29)26-12-6-4-5-7-14-34-35(2,30)31/h8-10,17H,3-7,11-16,18H2,1-2H3,(H,24,27)(H,25,28)(H,26,29)(H,30,31). The van der Waals surface area contributed by atoms with Gasteiger partial charge in [0.15, 0.2) is 6.61 Å². The van der Waals surface area contributed by atoms with Gasteiger partial charge >= 0.3 is 7.60 Å². The van der Waals surface area contributed by atoms with Crippen LogP contribution in [0.3, 0.4) is 0 Å². The van der Waals surface area contributed by atoms with Crippen LogP contribution in [0, 0.1) is 0 Å². The Hall–Kier alpha value is -2.46. The van der Waals surface area contributed by atoms with Crippen molar-refractivity contribution in [2.45, 2.75) is 39.0 Å². The second-order valence-electron chi connectivity index (χ2n) is 7.79. The average Bonchev–Trinajstić information content (AvgIpc) is 2.81. The normalized spacial score (nSPS) is 12.4.